The third-order valence-electron chi connectivity index (χ3n) is 11.6. The van der Waals surface area contributed by atoms with E-state index in [-0.39, 0.29) is 34.3 Å². The number of allylic oxidation sites excluding steroid dienone is 3. The summed E-state index contributed by atoms with van der Waals surface area (Å²) in [6.07, 6.45) is 7.04. The quantitative estimate of drug-likeness (QED) is 0.0496. The molecule has 1 saturated carbocycles. The van der Waals surface area contributed by atoms with Gasteiger partial charge in [-0.3, -0.25) is 32.1 Å². The van der Waals surface area contributed by atoms with Gasteiger partial charge in [0, 0.05) is 36.0 Å². The van der Waals surface area contributed by atoms with E-state index in [0.717, 1.165) is 76.2 Å². The molecule has 0 saturated heterocycles. The highest BCUT2D eigenvalue weighted by atomic mass is 19.4. The van der Waals surface area contributed by atoms with Gasteiger partial charge in [0.15, 0.2) is 34.5 Å². The fourth-order valence-corrected chi connectivity index (χ4v) is 8.26. The second-order valence-electron chi connectivity index (χ2n) is 16.3. The molecule has 10 rings (SSSR count). The minimum atomic E-state index is -3.67. The Morgan fingerprint density at radius 2 is 0.913 bits per heavy atom. The second kappa shape index (κ2) is 24.8. The van der Waals surface area contributed by atoms with Crippen molar-refractivity contribution in [3.63, 3.8) is 0 Å². The van der Waals surface area contributed by atoms with Crippen LogP contribution in [-0.2, 0) is 24.7 Å². The first-order chi connectivity index (χ1) is 33.1. The lowest BCUT2D eigenvalue weighted by Gasteiger charge is -2.39. The zero-order valence-electron chi connectivity index (χ0n) is 37.7. The molecule has 6 nitrogen and oxygen atoms in total. The van der Waals surface area contributed by atoms with Gasteiger partial charge in [0.05, 0.1) is 29.7 Å². The zero-order chi connectivity index (χ0) is 47.7. The number of carbonyl (C=O) groups excluding carboxylic acids is 4. The highest BCUT2D eigenvalue weighted by Gasteiger charge is 2.43. The van der Waals surface area contributed by atoms with E-state index in [9.17, 15) is 32.1 Å². The number of rotatable bonds is 8. The Labute approximate surface area is 399 Å². The van der Waals surface area contributed by atoms with E-state index in [1.165, 1.54) is 5.56 Å². The van der Waals surface area contributed by atoms with Crippen molar-refractivity contribution in [3.8, 4) is 33.8 Å². The van der Waals surface area contributed by atoms with Gasteiger partial charge >= 0.3 is 19.1 Å². The predicted octanol–water partition coefficient (Wildman–Crippen LogP) is 11.4. The topological polar surface area (TPSA) is 88.8 Å². The van der Waals surface area contributed by atoms with E-state index >= 15 is 0 Å². The van der Waals surface area contributed by atoms with Gasteiger partial charge < -0.3 is 9.44 Å². The second-order valence-corrected chi connectivity index (χ2v) is 16.3. The molecule has 1 unspecified atom stereocenters. The van der Waals surface area contributed by atoms with Crippen LogP contribution in [0.1, 0.15) is 72.9 Å². The molecular weight excluding hydrogens is 879 g/mol. The van der Waals surface area contributed by atoms with Gasteiger partial charge in [0.1, 0.15) is 0 Å². The molecule has 2 aliphatic carbocycles. The number of ketones is 4. The van der Waals surface area contributed by atoms with Crippen molar-refractivity contribution in [2.24, 2.45) is 0 Å². The number of halogens is 4. The summed E-state index contributed by atoms with van der Waals surface area (Å²) in [5, 5.41) is 0. The largest absolute Gasteiger partial charge is 1.00 e. The maximum Gasteiger partial charge on any atom is 0.762 e. The Hall–Kier alpha value is -7.79. The number of ether oxygens (including phenoxy) is 1. The molecule has 7 aromatic rings. The monoisotopic (exact) mass is 928 g/mol. The first-order valence-electron chi connectivity index (χ1n) is 22.6. The van der Waals surface area contributed by atoms with Gasteiger partial charge in [0.2, 0.25) is 0 Å². The predicted molar refractivity (Wildman–Crippen MR) is 262 cm³/mol. The van der Waals surface area contributed by atoms with Gasteiger partial charge in [-0.15, -0.1) is 0 Å². The van der Waals surface area contributed by atoms with Crippen molar-refractivity contribution in [2.75, 3.05) is 0 Å². The molecule has 1 atom stereocenters. The lowest BCUT2D eigenvalue weighted by atomic mass is 9.77. The van der Waals surface area contributed by atoms with Crippen LogP contribution in [0, 0.1) is 0 Å². The highest BCUT2D eigenvalue weighted by molar-refractivity contribution is 6.37. The smallest absolute Gasteiger partial charge is 0.762 e. The number of hydrogen-bond acceptors (Lipinski definition) is 5. The van der Waals surface area contributed by atoms with E-state index in [4.69, 9.17) is 9.15 Å². The lowest BCUT2D eigenvalue weighted by Crippen LogP contribution is -3.00. The first-order valence-corrected chi connectivity index (χ1v) is 22.6. The van der Waals surface area contributed by atoms with Crippen LogP contribution in [0.5, 0.6) is 0 Å². The van der Waals surface area contributed by atoms with Gasteiger partial charge in [-0.2, -0.15) is 0 Å². The molecule has 2 heterocycles. The highest BCUT2D eigenvalue weighted by Crippen LogP contribution is 2.47. The van der Waals surface area contributed by atoms with Gasteiger partial charge in [-0.1, -0.05) is 158 Å². The Bertz CT molecular complexity index is 2700. The molecule has 1 aliphatic heterocycles. The molecule has 0 bridgehead atoms. The third kappa shape index (κ3) is 13.7. The van der Waals surface area contributed by atoms with E-state index in [2.05, 4.69) is 78.9 Å². The van der Waals surface area contributed by atoms with Crippen molar-refractivity contribution < 1.29 is 46.0 Å². The van der Waals surface area contributed by atoms with Crippen molar-refractivity contribution in [1.82, 2.24) is 0 Å². The summed E-state index contributed by atoms with van der Waals surface area (Å²) in [6.45, 7) is 0. The average molecular weight is 929 g/mol. The molecule has 0 radical (unpaired) electrons. The van der Waals surface area contributed by atoms with Crippen LogP contribution in [0.3, 0.4) is 0 Å². The summed E-state index contributed by atoms with van der Waals surface area (Å²) in [5.41, 5.74) is 7.91. The van der Waals surface area contributed by atoms with Crippen molar-refractivity contribution in [2.45, 2.75) is 57.0 Å². The maximum atomic E-state index is 13.4. The Balaban J connectivity index is 0.000000185. The van der Waals surface area contributed by atoms with Gasteiger partial charge in [-0.25, -0.2) is 4.42 Å². The molecule has 1 fully saturated rings. The lowest BCUT2D eigenvalue weighted by molar-refractivity contribution is -0.137. The molecule has 348 valence electrons. The Kier molecular flexibility index (Phi) is 18.2. The molecule has 3 aliphatic rings. The summed E-state index contributed by atoms with van der Waals surface area (Å²) in [4.78, 5) is 47.2. The van der Waals surface area contributed by atoms with E-state index < -0.39 is 13.1 Å². The summed E-state index contributed by atoms with van der Waals surface area (Å²) in [5.74, 6) is 1.81. The minimum Gasteiger partial charge on any atom is -1.00 e. The van der Waals surface area contributed by atoms with Crippen LogP contribution < -0.4 is 4.70 Å². The Morgan fingerprint density at radius 3 is 1.38 bits per heavy atom. The maximum absolute atomic E-state index is 13.4. The minimum absolute atomic E-state index is 0. The molecule has 1 aromatic heterocycles. The fraction of sp³-hybridized carbons (Fsp3) is 0.155. The summed E-state index contributed by atoms with van der Waals surface area (Å²) in [6, 6.07) is 64.2. The molecule has 0 amide bonds. The van der Waals surface area contributed by atoms with Crippen LogP contribution in [0.4, 0.5) is 12.9 Å². The van der Waals surface area contributed by atoms with Crippen LogP contribution in [0.15, 0.2) is 216 Å². The van der Waals surface area contributed by atoms with Crippen LogP contribution in [-0.4, -0.2) is 30.7 Å². The van der Waals surface area contributed by atoms with Gasteiger partial charge in [-0.05, 0) is 78.3 Å². The van der Waals surface area contributed by atoms with Crippen molar-refractivity contribution in [3.05, 3.63) is 228 Å². The van der Waals surface area contributed by atoms with Crippen molar-refractivity contribution in [1.29, 1.82) is 0 Å². The molecule has 11 heteroatoms. The Morgan fingerprint density at radius 1 is 0.507 bits per heavy atom. The molecule has 0 N–H and O–H groups in total. The SMILES string of the molecule is FB(F)F.O=C1CCCC2=C1OC(CC(=O)c1ccccc1)(c1ccccc1)C=C2c1ccccc1.O=C1CCCCC1=O.[F-].c1ccc(-c2cc(-c3ccccc3)[o+]c(-c3ccccc3)c2)cc1. The first kappa shape index (κ1) is 50.6. The summed E-state index contributed by atoms with van der Waals surface area (Å²) >= 11 is 0. The van der Waals surface area contributed by atoms with Crippen molar-refractivity contribution >= 4 is 36.3 Å². The normalized spacial score (nSPS) is 15.9. The summed E-state index contributed by atoms with van der Waals surface area (Å²) in [7, 11) is -3.67. The fourth-order valence-electron chi connectivity index (χ4n) is 8.26. The van der Waals surface area contributed by atoms with Crippen LogP contribution >= 0.6 is 0 Å². The van der Waals surface area contributed by atoms with E-state index in [1.807, 2.05) is 121 Å². The molecular formula is C58H49BF4O6. The number of benzene rings is 6. The third-order valence-corrected chi connectivity index (χ3v) is 11.6. The number of Topliss-reactive ketones (excluding diaryl/α,β-unsaturated/α-hetero) is 4. The van der Waals surface area contributed by atoms with E-state index in [0.29, 0.717) is 30.6 Å². The molecule has 6 aromatic carbocycles. The standard InChI is InChI=1S/C29H24O3.C23H17O.C6H8O2.BF3.FH/c30-26-18-10-17-24-25(21-11-4-1-5-12-21)19-29(32-28(24)26,23-15-8-3-9-16-23)20-27(31)22-13-6-2-7-14-22;1-4-10-18(11-5-1)21-16-22(19-12-6-2-7-13-19)24-23(17-21)20-14-8-3-9-15-20;7-5-3-1-2-4-6(5)8;2-1(3)4;/h1-9,11-16,19H,10,17-18,20H2;1-17H;1-4H2;;1H/q;+1;;;/p-1. The van der Waals surface area contributed by atoms with Gasteiger partial charge in [0.25, 0.3) is 0 Å². The van der Waals surface area contributed by atoms with E-state index in [1.54, 1.807) is 0 Å². The van der Waals surface area contributed by atoms with Crippen LogP contribution in [0.2, 0.25) is 0 Å². The molecule has 69 heavy (non-hydrogen) atoms. The number of hydrogen-bond donors (Lipinski definition) is 0. The average Bonchev–Trinajstić information content (AvgIpc) is 3.39. The van der Waals surface area contributed by atoms with Crippen LogP contribution in [0.25, 0.3) is 39.3 Å². The molecule has 0 spiro atoms. The number of carbonyl (C=O) groups is 4. The zero-order valence-corrected chi connectivity index (χ0v) is 37.7. The summed E-state index contributed by atoms with van der Waals surface area (Å²) < 4.78 is 41.8.